The molecule has 0 unspecified atom stereocenters. The Morgan fingerprint density at radius 3 is 2.59 bits per heavy atom. The Hall–Kier alpha value is -1.10. The minimum absolute atomic E-state index is 0.0990. The maximum absolute atomic E-state index is 11.6. The van der Waals surface area contributed by atoms with Crippen LogP contribution in [0.3, 0.4) is 0 Å². The Balaban J connectivity index is 2.38. The Labute approximate surface area is 102 Å². The van der Waals surface area contributed by atoms with Crippen LogP contribution in [0.4, 0.5) is 0 Å². The molecular weight excluding hydrogens is 222 g/mol. The quantitative estimate of drug-likeness (QED) is 0.669. The van der Waals surface area contributed by atoms with E-state index in [0.29, 0.717) is 19.8 Å². The SMILES string of the molecule is CCOC(=O)CN1CCC[C@H](C(=O)OCC)C1. The predicted molar refractivity (Wildman–Crippen MR) is 62.4 cm³/mol. The van der Waals surface area contributed by atoms with Gasteiger partial charge in [-0.2, -0.15) is 0 Å². The fourth-order valence-corrected chi connectivity index (χ4v) is 2.04. The van der Waals surface area contributed by atoms with Crippen molar-refractivity contribution in [2.45, 2.75) is 26.7 Å². The minimum atomic E-state index is -0.225. The molecule has 0 radical (unpaired) electrons. The van der Waals surface area contributed by atoms with Gasteiger partial charge in [0.2, 0.25) is 0 Å². The Kier molecular flexibility index (Phi) is 5.97. The number of rotatable bonds is 5. The lowest BCUT2D eigenvalue weighted by molar-refractivity contribution is -0.152. The highest BCUT2D eigenvalue weighted by molar-refractivity contribution is 5.74. The van der Waals surface area contributed by atoms with Gasteiger partial charge in [-0.05, 0) is 33.2 Å². The van der Waals surface area contributed by atoms with Crippen molar-refractivity contribution in [1.82, 2.24) is 4.90 Å². The number of esters is 2. The van der Waals surface area contributed by atoms with E-state index < -0.39 is 0 Å². The highest BCUT2D eigenvalue weighted by Gasteiger charge is 2.27. The van der Waals surface area contributed by atoms with E-state index in [4.69, 9.17) is 9.47 Å². The Bertz CT molecular complexity index is 267. The topological polar surface area (TPSA) is 55.8 Å². The van der Waals surface area contributed by atoms with Gasteiger partial charge in [-0.1, -0.05) is 0 Å². The zero-order chi connectivity index (χ0) is 12.7. The average molecular weight is 243 g/mol. The molecule has 0 aromatic heterocycles. The molecule has 0 N–H and O–H groups in total. The lowest BCUT2D eigenvalue weighted by Gasteiger charge is -2.30. The van der Waals surface area contributed by atoms with E-state index in [1.807, 2.05) is 4.90 Å². The summed E-state index contributed by atoms with van der Waals surface area (Å²) >= 11 is 0. The van der Waals surface area contributed by atoms with Gasteiger partial charge in [-0.3, -0.25) is 14.5 Å². The summed E-state index contributed by atoms with van der Waals surface area (Å²) in [5.41, 5.74) is 0. The third kappa shape index (κ3) is 4.73. The molecule has 0 amide bonds. The molecule has 98 valence electrons. The van der Waals surface area contributed by atoms with Crippen LogP contribution >= 0.6 is 0 Å². The maximum Gasteiger partial charge on any atom is 0.320 e. The summed E-state index contributed by atoms with van der Waals surface area (Å²) in [4.78, 5) is 24.9. The van der Waals surface area contributed by atoms with Crippen LogP contribution in [0.2, 0.25) is 0 Å². The number of carbonyl (C=O) groups is 2. The summed E-state index contributed by atoms with van der Waals surface area (Å²) in [6.07, 6.45) is 1.76. The average Bonchev–Trinajstić information content (AvgIpc) is 2.30. The number of nitrogens with zero attached hydrogens (tertiary/aromatic N) is 1. The van der Waals surface area contributed by atoms with Gasteiger partial charge < -0.3 is 9.47 Å². The highest BCUT2D eigenvalue weighted by atomic mass is 16.5. The first-order chi connectivity index (χ1) is 8.17. The molecule has 1 fully saturated rings. The van der Waals surface area contributed by atoms with Gasteiger partial charge in [0.1, 0.15) is 0 Å². The van der Waals surface area contributed by atoms with Crippen LogP contribution < -0.4 is 0 Å². The first-order valence-corrected chi connectivity index (χ1v) is 6.22. The predicted octanol–water partition coefficient (Wildman–Crippen LogP) is 0.825. The van der Waals surface area contributed by atoms with Crippen LogP contribution in [0, 0.1) is 5.92 Å². The van der Waals surface area contributed by atoms with Gasteiger partial charge >= 0.3 is 11.9 Å². The summed E-state index contributed by atoms with van der Waals surface area (Å²) in [7, 11) is 0. The highest BCUT2D eigenvalue weighted by Crippen LogP contribution is 2.17. The zero-order valence-corrected chi connectivity index (χ0v) is 10.6. The fraction of sp³-hybridized carbons (Fsp3) is 0.833. The molecule has 1 aliphatic heterocycles. The van der Waals surface area contributed by atoms with Crippen LogP contribution in [0.5, 0.6) is 0 Å². The second kappa shape index (κ2) is 7.27. The fourth-order valence-electron chi connectivity index (χ4n) is 2.04. The molecule has 1 rings (SSSR count). The van der Waals surface area contributed by atoms with Gasteiger partial charge in [0.25, 0.3) is 0 Å². The standard InChI is InChI=1S/C12H21NO4/c1-3-16-11(14)9-13-7-5-6-10(8-13)12(15)17-4-2/h10H,3-9H2,1-2H3/t10-/m0/s1. The summed E-state index contributed by atoms with van der Waals surface area (Å²) in [5, 5.41) is 0. The summed E-state index contributed by atoms with van der Waals surface area (Å²) in [5.74, 6) is -0.476. The summed E-state index contributed by atoms with van der Waals surface area (Å²) < 4.78 is 9.89. The van der Waals surface area contributed by atoms with E-state index in [1.165, 1.54) is 0 Å². The van der Waals surface area contributed by atoms with Gasteiger partial charge in [-0.15, -0.1) is 0 Å². The van der Waals surface area contributed by atoms with Gasteiger partial charge in [0, 0.05) is 6.54 Å². The van der Waals surface area contributed by atoms with Crippen molar-refractivity contribution in [3.63, 3.8) is 0 Å². The van der Waals surface area contributed by atoms with E-state index in [9.17, 15) is 9.59 Å². The molecule has 1 atom stereocenters. The van der Waals surface area contributed by atoms with Gasteiger partial charge in [0.05, 0.1) is 25.7 Å². The van der Waals surface area contributed by atoms with Gasteiger partial charge in [0.15, 0.2) is 0 Å². The first kappa shape index (κ1) is 14.0. The number of likely N-dealkylation sites (tertiary alicyclic amines) is 1. The van der Waals surface area contributed by atoms with Crippen molar-refractivity contribution in [3.05, 3.63) is 0 Å². The molecule has 0 spiro atoms. The van der Waals surface area contributed by atoms with Crippen molar-refractivity contribution in [2.75, 3.05) is 32.8 Å². The third-order valence-electron chi connectivity index (χ3n) is 2.78. The Morgan fingerprint density at radius 1 is 1.24 bits per heavy atom. The number of hydrogen-bond donors (Lipinski definition) is 0. The number of carbonyl (C=O) groups excluding carboxylic acids is 2. The zero-order valence-electron chi connectivity index (χ0n) is 10.6. The molecule has 0 aromatic rings. The van der Waals surface area contributed by atoms with Crippen LogP contribution in [-0.4, -0.2) is 49.7 Å². The molecular formula is C12H21NO4. The van der Waals surface area contributed by atoms with E-state index in [-0.39, 0.29) is 24.4 Å². The van der Waals surface area contributed by atoms with Crippen molar-refractivity contribution < 1.29 is 19.1 Å². The molecule has 1 heterocycles. The van der Waals surface area contributed by atoms with Crippen LogP contribution in [0.1, 0.15) is 26.7 Å². The van der Waals surface area contributed by atoms with Crippen molar-refractivity contribution in [2.24, 2.45) is 5.92 Å². The van der Waals surface area contributed by atoms with Crippen molar-refractivity contribution >= 4 is 11.9 Å². The molecule has 1 aliphatic rings. The molecule has 5 heteroatoms. The molecule has 1 saturated heterocycles. The van der Waals surface area contributed by atoms with Crippen LogP contribution in [-0.2, 0) is 19.1 Å². The maximum atomic E-state index is 11.6. The smallest absolute Gasteiger partial charge is 0.320 e. The number of ether oxygens (including phenoxy) is 2. The largest absolute Gasteiger partial charge is 0.466 e. The normalized spacial score (nSPS) is 20.9. The Morgan fingerprint density at radius 2 is 1.94 bits per heavy atom. The first-order valence-electron chi connectivity index (χ1n) is 6.22. The monoisotopic (exact) mass is 243 g/mol. The molecule has 0 bridgehead atoms. The lowest BCUT2D eigenvalue weighted by atomic mass is 9.98. The van der Waals surface area contributed by atoms with E-state index in [2.05, 4.69) is 0 Å². The minimum Gasteiger partial charge on any atom is -0.466 e. The van der Waals surface area contributed by atoms with Crippen LogP contribution in [0.15, 0.2) is 0 Å². The van der Waals surface area contributed by atoms with E-state index in [0.717, 1.165) is 19.4 Å². The second-order valence-corrected chi connectivity index (χ2v) is 4.13. The molecule has 0 aromatic carbocycles. The summed E-state index contributed by atoms with van der Waals surface area (Å²) in [6, 6.07) is 0. The van der Waals surface area contributed by atoms with Crippen molar-refractivity contribution in [1.29, 1.82) is 0 Å². The van der Waals surface area contributed by atoms with E-state index >= 15 is 0 Å². The molecule has 0 aliphatic carbocycles. The lowest BCUT2D eigenvalue weighted by Crippen LogP contribution is -2.42. The van der Waals surface area contributed by atoms with E-state index in [1.54, 1.807) is 13.8 Å². The van der Waals surface area contributed by atoms with Gasteiger partial charge in [-0.25, -0.2) is 0 Å². The summed E-state index contributed by atoms with van der Waals surface area (Å²) in [6.45, 7) is 6.10. The van der Waals surface area contributed by atoms with Crippen molar-refractivity contribution in [3.8, 4) is 0 Å². The number of hydrogen-bond acceptors (Lipinski definition) is 5. The number of piperidine rings is 1. The van der Waals surface area contributed by atoms with Crippen LogP contribution in [0.25, 0.3) is 0 Å². The molecule has 0 saturated carbocycles. The molecule has 5 nitrogen and oxygen atoms in total. The second-order valence-electron chi connectivity index (χ2n) is 4.13. The third-order valence-corrected chi connectivity index (χ3v) is 2.78. The molecule has 17 heavy (non-hydrogen) atoms.